The number of rotatable bonds is 5. The first-order valence-corrected chi connectivity index (χ1v) is 8.06. The Kier molecular flexibility index (Phi) is 5.36. The summed E-state index contributed by atoms with van der Waals surface area (Å²) in [5.74, 6) is 0. The van der Waals surface area contributed by atoms with Crippen LogP contribution in [0.5, 0.6) is 0 Å². The number of likely N-dealkylation sites (N-methyl/N-ethyl adjacent to an activating group) is 1. The van der Waals surface area contributed by atoms with Gasteiger partial charge in [-0.25, -0.2) is 0 Å². The molecule has 1 fully saturated rings. The normalized spacial score (nSPS) is 19.5. The van der Waals surface area contributed by atoms with Gasteiger partial charge >= 0.3 is 0 Å². The third-order valence-electron chi connectivity index (χ3n) is 4.64. The molecule has 0 spiro atoms. The summed E-state index contributed by atoms with van der Waals surface area (Å²) in [6.07, 6.45) is 5.18. The quantitative estimate of drug-likeness (QED) is 0.859. The van der Waals surface area contributed by atoms with Crippen molar-refractivity contribution >= 4 is 23.2 Å². The molecule has 2 nitrogen and oxygen atoms in total. The van der Waals surface area contributed by atoms with Crippen LogP contribution in [0, 0.1) is 0 Å². The summed E-state index contributed by atoms with van der Waals surface area (Å²) in [5, 5.41) is 5.16. The highest BCUT2D eigenvalue weighted by Crippen LogP contribution is 2.34. The van der Waals surface area contributed by atoms with E-state index in [0.717, 1.165) is 22.2 Å². The van der Waals surface area contributed by atoms with Crippen LogP contribution in [0.2, 0.25) is 10.0 Å². The van der Waals surface area contributed by atoms with Crippen LogP contribution in [-0.4, -0.2) is 31.1 Å². The van der Waals surface area contributed by atoms with Crippen LogP contribution >= 0.6 is 23.2 Å². The zero-order chi connectivity index (χ0) is 14.8. The molecule has 0 bridgehead atoms. The van der Waals surface area contributed by atoms with Crippen molar-refractivity contribution in [2.24, 2.45) is 0 Å². The van der Waals surface area contributed by atoms with Crippen LogP contribution in [0.4, 0.5) is 0 Å². The highest BCUT2D eigenvalue weighted by molar-refractivity contribution is 6.33. The van der Waals surface area contributed by atoms with Gasteiger partial charge in [0.05, 0.1) is 0 Å². The van der Waals surface area contributed by atoms with Gasteiger partial charge < -0.3 is 10.2 Å². The summed E-state index contributed by atoms with van der Waals surface area (Å²) in [5.41, 5.74) is 1.37. The Labute approximate surface area is 132 Å². The average molecular weight is 315 g/mol. The number of nitrogens with one attached hydrogen (secondary N) is 1. The van der Waals surface area contributed by atoms with Gasteiger partial charge in [-0.05, 0) is 57.6 Å². The first-order valence-electron chi connectivity index (χ1n) is 7.30. The van der Waals surface area contributed by atoms with Crippen LogP contribution in [0.3, 0.4) is 0 Å². The van der Waals surface area contributed by atoms with E-state index < -0.39 is 0 Å². The molecule has 1 unspecified atom stereocenters. The maximum absolute atomic E-state index is 6.27. The summed E-state index contributed by atoms with van der Waals surface area (Å²) in [7, 11) is 4.37. The molecule has 1 aliphatic carbocycles. The van der Waals surface area contributed by atoms with Crippen molar-refractivity contribution in [1.82, 2.24) is 10.2 Å². The lowest BCUT2D eigenvalue weighted by molar-refractivity contribution is 0.150. The predicted octanol–water partition coefficient (Wildman–Crippen LogP) is 4.52. The number of hydrogen-bond donors (Lipinski definition) is 1. The van der Waals surface area contributed by atoms with Crippen molar-refractivity contribution < 1.29 is 0 Å². The van der Waals surface area contributed by atoms with E-state index >= 15 is 0 Å². The molecule has 2 rings (SSSR count). The third-order valence-corrected chi connectivity index (χ3v) is 5.22. The van der Waals surface area contributed by atoms with Gasteiger partial charge in [0.25, 0.3) is 0 Å². The summed E-state index contributed by atoms with van der Waals surface area (Å²) in [4.78, 5) is 2.37. The van der Waals surface area contributed by atoms with Crippen molar-refractivity contribution in [3.8, 4) is 0 Å². The Morgan fingerprint density at radius 2 is 1.90 bits per heavy atom. The number of halogens is 2. The van der Waals surface area contributed by atoms with Gasteiger partial charge in [-0.2, -0.15) is 0 Å². The van der Waals surface area contributed by atoms with Crippen LogP contribution < -0.4 is 5.32 Å². The fraction of sp³-hybridized carbons (Fsp3) is 0.625. The highest BCUT2D eigenvalue weighted by atomic mass is 35.5. The van der Waals surface area contributed by atoms with Gasteiger partial charge in [0.2, 0.25) is 0 Å². The van der Waals surface area contributed by atoms with Crippen LogP contribution in [0.15, 0.2) is 18.2 Å². The molecule has 1 aromatic rings. The zero-order valence-corrected chi connectivity index (χ0v) is 14.1. The highest BCUT2D eigenvalue weighted by Gasteiger charge is 2.35. The van der Waals surface area contributed by atoms with E-state index in [1.54, 1.807) is 0 Å². The lowest BCUT2D eigenvalue weighted by Gasteiger charge is -2.37. The van der Waals surface area contributed by atoms with Gasteiger partial charge in [-0.3, -0.25) is 0 Å². The lowest BCUT2D eigenvalue weighted by Crippen LogP contribution is -2.50. The van der Waals surface area contributed by atoms with Gasteiger partial charge in [0.1, 0.15) is 0 Å². The lowest BCUT2D eigenvalue weighted by atomic mass is 9.95. The molecule has 1 aromatic carbocycles. The molecular weight excluding hydrogens is 291 g/mol. The molecule has 112 valence electrons. The molecule has 0 aromatic heterocycles. The van der Waals surface area contributed by atoms with E-state index in [-0.39, 0.29) is 6.04 Å². The van der Waals surface area contributed by atoms with Gasteiger partial charge in [0.15, 0.2) is 0 Å². The van der Waals surface area contributed by atoms with Gasteiger partial charge in [-0.15, -0.1) is 0 Å². The summed E-state index contributed by atoms with van der Waals surface area (Å²) >= 11 is 12.3. The fourth-order valence-corrected chi connectivity index (χ4v) is 3.58. The summed E-state index contributed by atoms with van der Waals surface area (Å²) in [6, 6.07) is 5.87. The standard InChI is InChI=1S/C16H24Cl2N2/c1-12(14-10-13(17)6-7-15(14)18)19-11-16(20(2)3)8-4-5-9-16/h6-7,10,12,19H,4-5,8-9,11H2,1-3H3. The molecule has 20 heavy (non-hydrogen) atoms. The molecule has 1 aliphatic rings. The number of hydrogen-bond acceptors (Lipinski definition) is 2. The second-order valence-electron chi connectivity index (χ2n) is 6.09. The third kappa shape index (κ3) is 3.48. The Bertz CT molecular complexity index is 454. The molecule has 4 heteroatoms. The van der Waals surface area contributed by atoms with E-state index in [0.29, 0.717) is 5.54 Å². The maximum atomic E-state index is 6.27. The molecule has 0 amide bonds. The van der Waals surface area contributed by atoms with E-state index in [9.17, 15) is 0 Å². The van der Waals surface area contributed by atoms with Crippen molar-refractivity contribution in [1.29, 1.82) is 0 Å². The second-order valence-corrected chi connectivity index (χ2v) is 6.94. The van der Waals surface area contributed by atoms with E-state index in [4.69, 9.17) is 23.2 Å². The van der Waals surface area contributed by atoms with E-state index in [1.165, 1.54) is 25.7 Å². The van der Waals surface area contributed by atoms with Crippen molar-refractivity contribution in [3.63, 3.8) is 0 Å². The van der Waals surface area contributed by atoms with Gasteiger partial charge in [0, 0.05) is 28.2 Å². The van der Waals surface area contributed by atoms with E-state index in [2.05, 4.69) is 31.2 Å². The monoisotopic (exact) mass is 314 g/mol. The Morgan fingerprint density at radius 3 is 2.50 bits per heavy atom. The van der Waals surface area contributed by atoms with Crippen LogP contribution in [0.25, 0.3) is 0 Å². The minimum atomic E-state index is 0.207. The Morgan fingerprint density at radius 1 is 1.25 bits per heavy atom. The Balaban J connectivity index is 2.04. The molecule has 1 saturated carbocycles. The number of nitrogens with zero attached hydrogens (tertiary/aromatic N) is 1. The fourth-order valence-electron chi connectivity index (χ4n) is 3.11. The largest absolute Gasteiger partial charge is 0.308 e. The van der Waals surface area contributed by atoms with E-state index in [1.807, 2.05) is 18.2 Å². The molecule has 0 saturated heterocycles. The molecule has 1 N–H and O–H groups in total. The van der Waals surface area contributed by atoms with Crippen molar-refractivity contribution in [3.05, 3.63) is 33.8 Å². The summed E-state index contributed by atoms with van der Waals surface area (Å²) < 4.78 is 0. The minimum Gasteiger partial charge on any atom is -0.308 e. The SMILES string of the molecule is CC(NCC1(N(C)C)CCCC1)c1cc(Cl)ccc1Cl. The predicted molar refractivity (Wildman–Crippen MR) is 87.8 cm³/mol. The first kappa shape index (κ1) is 16.1. The average Bonchev–Trinajstić information content (AvgIpc) is 2.89. The molecular formula is C16H24Cl2N2. The van der Waals surface area contributed by atoms with Crippen molar-refractivity contribution in [2.45, 2.75) is 44.2 Å². The van der Waals surface area contributed by atoms with Crippen LogP contribution in [-0.2, 0) is 0 Å². The smallest absolute Gasteiger partial charge is 0.0454 e. The molecule has 0 aliphatic heterocycles. The topological polar surface area (TPSA) is 15.3 Å². The second kappa shape index (κ2) is 6.65. The molecule has 0 radical (unpaired) electrons. The van der Waals surface area contributed by atoms with Crippen molar-refractivity contribution in [2.75, 3.05) is 20.6 Å². The minimum absolute atomic E-state index is 0.207. The zero-order valence-electron chi connectivity index (χ0n) is 12.5. The molecule has 0 heterocycles. The van der Waals surface area contributed by atoms with Crippen LogP contribution in [0.1, 0.15) is 44.2 Å². The number of benzene rings is 1. The molecule has 1 atom stereocenters. The Hall–Kier alpha value is -0.280. The maximum Gasteiger partial charge on any atom is 0.0454 e. The van der Waals surface area contributed by atoms with Gasteiger partial charge in [-0.1, -0.05) is 36.0 Å². The first-order chi connectivity index (χ1) is 9.44. The summed E-state index contributed by atoms with van der Waals surface area (Å²) in [6.45, 7) is 3.14.